The Morgan fingerprint density at radius 3 is 2.95 bits per heavy atom. The molecule has 0 aliphatic carbocycles. The Balaban J connectivity index is 2.17. The summed E-state index contributed by atoms with van der Waals surface area (Å²) in [7, 11) is -3.64. The first-order chi connectivity index (χ1) is 8.89. The minimum Gasteiger partial charge on any atom is -0.312 e. The fraction of sp³-hybridized carbons (Fsp3) is 0.700. The Morgan fingerprint density at radius 2 is 2.32 bits per heavy atom. The van der Waals surface area contributed by atoms with Gasteiger partial charge < -0.3 is 5.32 Å². The second kappa shape index (κ2) is 5.51. The van der Waals surface area contributed by atoms with Crippen molar-refractivity contribution in [2.45, 2.75) is 30.8 Å². The molecule has 1 saturated heterocycles. The van der Waals surface area contributed by atoms with E-state index in [-0.39, 0.29) is 10.9 Å². The van der Waals surface area contributed by atoms with E-state index in [1.807, 2.05) is 6.92 Å². The molecule has 0 saturated carbocycles. The molecule has 0 bridgehead atoms. The van der Waals surface area contributed by atoms with E-state index >= 15 is 0 Å². The summed E-state index contributed by atoms with van der Waals surface area (Å²) in [6.07, 6.45) is -0.298. The van der Waals surface area contributed by atoms with E-state index in [0.717, 1.165) is 17.1 Å². The van der Waals surface area contributed by atoms with Crippen LogP contribution < -0.4 is 5.32 Å². The molecule has 0 amide bonds. The molecular weight excluding hydrogens is 278 g/mol. The molecule has 1 aromatic heterocycles. The van der Waals surface area contributed by atoms with Crippen LogP contribution in [0.1, 0.15) is 6.92 Å². The lowest BCUT2D eigenvalue weighted by Crippen LogP contribution is -2.51. The van der Waals surface area contributed by atoms with Crippen LogP contribution in [0.4, 0.5) is 8.78 Å². The summed E-state index contributed by atoms with van der Waals surface area (Å²) in [5.74, 6) is 0. The fourth-order valence-corrected chi connectivity index (χ4v) is 3.47. The third-order valence-electron chi connectivity index (χ3n) is 2.90. The maximum absolute atomic E-state index is 12.3. The summed E-state index contributed by atoms with van der Waals surface area (Å²) in [4.78, 5) is -0.0396. The predicted molar refractivity (Wildman–Crippen MR) is 64.5 cm³/mol. The van der Waals surface area contributed by atoms with Crippen molar-refractivity contribution >= 4 is 10.0 Å². The number of hydrogen-bond donors (Lipinski definition) is 1. The highest BCUT2D eigenvalue weighted by molar-refractivity contribution is 7.89. The zero-order valence-electron chi connectivity index (χ0n) is 10.5. The van der Waals surface area contributed by atoms with E-state index in [0.29, 0.717) is 19.6 Å². The van der Waals surface area contributed by atoms with Crippen molar-refractivity contribution in [3.63, 3.8) is 0 Å². The van der Waals surface area contributed by atoms with Gasteiger partial charge in [0, 0.05) is 31.9 Å². The zero-order valence-corrected chi connectivity index (χ0v) is 11.3. The highest BCUT2D eigenvalue weighted by Crippen LogP contribution is 2.16. The largest absolute Gasteiger partial charge is 0.312 e. The third-order valence-corrected chi connectivity index (χ3v) is 4.72. The monoisotopic (exact) mass is 294 g/mol. The first kappa shape index (κ1) is 14.4. The van der Waals surface area contributed by atoms with Crippen molar-refractivity contribution in [2.24, 2.45) is 0 Å². The number of halogens is 2. The van der Waals surface area contributed by atoms with Crippen LogP contribution in [0.5, 0.6) is 0 Å². The number of nitrogens with one attached hydrogen (secondary N) is 1. The SMILES string of the molecule is CC1CN(S(=O)(=O)c2cnn(CC(F)F)c2)CCN1. The Labute approximate surface area is 110 Å². The van der Waals surface area contributed by atoms with E-state index in [1.54, 1.807) is 0 Å². The number of sulfonamides is 1. The van der Waals surface area contributed by atoms with Crippen molar-refractivity contribution in [1.82, 2.24) is 19.4 Å². The van der Waals surface area contributed by atoms with Crippen molar-refractivity contribution in [2.75, 3.05) is 19.6 Å². The molecule has 1 atom stereocenters. The van der Waals surface area contributed by atoms with E-state index in [9.17, 15) is 17.2 Å². The zero-order chi connectivity index (χ0) is 14.0. The maximum atomic E-state index is 12.3. The topological polar surface area (TPSA) is 67.2 Å². The summed E-state index contributed by atoms with van der Waals surface area (Å²) in [6, 6.07) is 0.0691. The molecule has 1 unspecified atom stereocenters. The first-order valence-electron chi connectivity index (χ1n) is 5.93. The maximum Gasteiger partial charge on any atom is 0.257 e. The lowest BCUT2D eigenvalue weighted by molar-refractivity contribution is 0.121. The molecule has 1 fully saturated rings. The second-order valence-electron chi connectivity index (χ2n) is 4.51. The van der Waals surface area contributed by atoms with E-state index in [4.69, 9.17) is 0 Å². The van der Waals surface area contributed by atoms with Gasteiger partial charge in [-0.05, 0) is 6.92 Å². The molecule has 0 aromatic carbocycles. The lowest BCUT2D eigenvalue weighted by Gasteiger charge is -2.30. The molecule has 108 valence electrons. The Kier molecular flexibility index (Phi) is 4.16. The minimum atomic E-state index is -3.64. The van der Waals surface area contributed by atoms with Crippen LogP contribution in [0, 0.1) is 0 Å². The quantitative estimate of drug-likeness (QED) is 0.857. The Hall–Kier alpha value is -1.06. The standard InChI is InChI=1S/C10H16F2N4O2S/c1-8-5-16(3-2-13-8)19(17,18)9-4-14-15(6-9)7-10(11)12/h4,6,8,10,13H,2-3,5,7H2,1H3. The van der Waals surface area contributed by atoms with Gasteiger partial charge in [-0.15, -0.1) is 0 Å². The molecule has 1 N–H and O–H groups in total. The number of alkyl halides is 2. The van der Waals surface area contributed by atoms with Crippen molar-refractivity contribution < 1.29 is 17.2 Å². The van der Waals surface area contributed by atoms with Crippen LogP contribution in [0.3, 0.4) is 0 Å². The van der Waals surface area contributed by atoms with Gasteiger partial charge in [-0.2, -0.15) is 9.40 Å². The Morgan fingerprint density at radius 1 is 1.58 bits per heavy atom. The molecule has 0 spiro atoms. The average molecular weight is 294 g/mol. The summed E-state index contributed by atoms with van der Waals surface area (Å²) >= 11 is 0. The van der Waals surface area contributed by atoms with Crippen molar-refractivity contribution in [3.05, 3.63) is 12.4 Å². The highest BCUT2D eigenvalue weighted by Gasteiger charge is 2.29. The smallest absolute Gasteiger partial charge is 0.257 e. The number of piperazine rings is 1. The summed E-state index contributed by atoms with van der Waals surface area (Å²) in [5, 5.41) is 6.79. The van der Waals surface area contributed by atoms with Gasteiger partial charge in [0.15, 0.2) is 0 Å². The van der Waals surface area contributed by atoms with E-state index in [2.05, 4.69) is 10.4 Å². The average Bonchev–Trinajstić information content (AvgIpc) is 2.77. The lowest BCUT2D eigenvalue weighted by atomic mass is 10.3. The van der Waals surface area contributed by atoms with Gasteiger partial charge in [0.05, 0.1) is 6.20 Å². The fourth-order valence-electron chi connectivity index (χ4n) is 1.98. The van der Waals surface area contributed by atoms with Crippen LogP contribution in [-0.4, -0.2) is 54.6 Å². The van der Waals surface area contributed by atoms with E-state index in [1.165, 1.54) is 4.31 Å². The first-order valence-corrected chi connectivity index (χ1v) is 7.38. The molecule has 1 aliphatic rings. The van der Waals surface area contributed by atoms with Gasteiger partial charge in [0.1, 0.15) is 11.4 Å². The van der Waals surface area contributed by atoms with Crippen LogP contribution >= 0.6 is 0 Å². The van der Waals surface area contributed by atoms with Gasteiger partial charge in [-0.25, -0.2) is 17.2 Å². The summed E-state index contributed by atoms with van der Waals surface area (Å²) < 4.78 is 51.3. The predicted octanol–water partition coefficient (Wildman–Crippen LogP) is 0.131. The summed E-state index contributed by atoms with van der Waals surface area (Å²) in [5.41, 5.74) is 0. The molecule has 0 radical (unpaired) electrons. The van der Waals surface area contributed by atoms with Crippen LogP contribution in [-0.2, 0) is 16.6 Å². The van der Waals surface area contributed by atoms with Crippen molar-refractivity contribution in [1.29, 1.82) is 0 Å². The van der Waals surface area contributed by atoms with Gasteiger partial charge in [0.2, 0.25) is 10.0 Å². The molecule has 6 nitrogen and oxygen atoms in total. The third kappa shape index (κ3) is 3.28. The van der Waals surface area contributed by atoms with Gasteiger partial charge in [-0.1, -0.05) is 0 Å². The Bertz CT molecular complexity index is 531. The molecular formula is C10H16F2N4O2S. The molecule has 9 heteroatoms. The van der Waals surface area contributed by atoms with Gasteiger partial charge >= 0.3 is 0 Å². The van der Waals surface area contributed by atoms with Crippen molar-refractivity contribution in [3.8, 4) is 0 Å². The van der Waals surface area contributed by atoms with Crippen LogP contribution in [0.2, 0.25) is 0 Å². The highest BCUT2D eigenvalue weighted by atomic mass is 32.2. The van der Waals surface area contributed by atoms with Crippen LogP contribution in [0.15, 0.2) is 17.3 Å². The molecule has 2 heterocycles. The number of rotatable bonds is 4. The van der Waals surface area contributed by atoms with E-state index < -0.39 is 23.0 Å². The summed E-state index contributed by atoms with van der Waals surface area (Å²) in [6.45, 7) is 2.59. The van der Waals surface area contributed by atoms with Gasteiger partial charge in [-0.3, -0.25) is 4.68 Å². The van der Waals surface area contributed by atoms with Crippen LogP contribution in [0.25, 0.3) is 0 Å². The second-order valence-corrected chi connectivity index (χ2v) is 6.45. The molecule has 2 rings (SSSR count). The number of aromatic nitrogens is 2. The van der Waals surface area contributed by atoms with Gasteiger partial charge in [0.25, 0.3) is 6.43 Å². The number of nitrogens with zero attached hydrogens (tertiary/aromatic N) is 3. The number of hydrogen-bond acceptors (Lipinski definition) is 4. The minimum absolute atomic E-state index is 0.0396. The molecule has 19 heavy (non-hydrogen) atoms. The normalized spacial score (nSPS) is 22.0. The molecule has 1 aliphatic heterocycles. The molecule has 1 aromatic rings.